The highest BCUT2D eigenvalue weighted by atomic mass is 32.2. The first-order valence-electron chi connectivity index (χ1n) is 6.34. The van der Waals surface area contributed by atoms with Crippen LogP contribution in [0.4, 0.5) is 5.69 Å². The van der Waals surface area contributed by atoms with E-state index in [1.807, 2.05) is 13.0 Å². The molecule has 0 bridgehead atoms. The molecule has 7 heteroatoms. The topological polar surface area (TPSA) is 107 Å². The van der Waals surface area contributed by atoms with Crippen LogP contribution in [0.15, 0.2) is 23.1 Å². The molecular weight excluding hydrogens is 278 g/mol. The number of hydrogen-bond donors (Lipinski definition) is 2. The Morgan fingerprint density at radius 2 is 2.15 bits per heavy atom. The predicted molar refractivity (Wildman–Crippen MR) is 74.2 cm³/mol. The molecule has 0 saturated carbocycles. The van der Waals surface area contributed by atoms with E-state index in [1.165, 1.54) is 22.5 Å². The number of nitrogen functional groups attached to an aromatic ring is 1. The van der Waals surface area contributed by atoms with Crippen molar-refractivity contribution in [2.24, 2.45) is 0 Å². The molecule has 0 amide bonds. The van der Waals surface area contributed by atoms with Crippen LogP contribution < -0.4 is 5.73 Å². The Morgan fingerprint density at radius 3 is 2.65 bits per heavy atom. The summed E-state index contributed by atoms with van der Waals surface area (Å²) in [6, 6.07) is 5.99. The van der Waals surface area contributed by atoms with Crippen molar-refractivity contribution in [3.8, 4) is 6.07 Å². The van der Waals surface area contributed by atoms with E-state index in [-0.39, 0.29) is 23.7 Å². The molecule has 0 spiro atoms. The Balaban J connectivity index is 2.23. The number of nitrogens with zero attached hydrogens (tertiary/aromatic N) is 2. The van der Waals surface area contributed by atoms with Crippen molar-refractivity contribution in [2.75, 3.05) is 18.8 Å². The van der Waals surface area contributed by atoms with Crippen molar-refractivity contribution in [3.63, 3.8) is 0 Å². The number of aliphatic hydroxyl groups is 1. The van der Waals surface area contributed by atoms with Gasteiger partial charge < -0.3 is 10.8 Å². The molecule has 20 heavy (non-hydrogen) atoms. The lowest BCUT2D eigenvalue weighted by Crippen LogP contribution is -2.63. The fourth-order valence-corrected chi connectivity index (χ4v) is 4.09. The minimum Gasteiger partial charge on any atom is -0.398 e. The quantitative estimate of drug-likeness (QED) is 0.794. The summed E-state index contributed by atoms with van der Waals surface area (Å²) in [5, 5.41) is 18.8. The van der Waals surface area contributed by atoms with Gasteiger partial charge in [0.25, 0.3) is 0 Å². The van der Waals surface area contributed by atoms with E-state index in [4.69, 9.17) is 11.0 Å². The van der Waals surface area contributed by atoms with Crippen molar-refractivity contribution in [1.82, 2.24) is 4.31 Å². The molecule has 0 aliphatic carbocycles. The highest BCUT2D eigenvalue weighted by Crippen LogP contribution is 2.33. The molecule has 6 nitrogen and oxygen atoms in total. The molecule has 1 aromatic carbocycles. The van der Waals surface area contributed by atoms with Crippen LogP contribution >= 0.6 is 0 Å². The number of rotatable bonds is 4. The molecular formula is C13H17N3O3S. The van der Waals surface area contributed by atoms with Gasteiger partial charge in [-0.05, 0) is 24.6 Å². The monoisotopic (exact) mass is 295 g/mol. The van der Waals surface area contributed by atoms with Gasteiger partial charge in [-0.3, -0.25) is 0 Å². The summed E-state index contributed by atoms with van der Waals surface area (Å²) >= 11 is 0. The molecule has 0 atom stereocenters. The molecule has 2 rings (SSSR count). The zero-order valence-corrected chi connectivity index (χ0v) is 12.0. The van der Waals surface area contributed by atoms with Crippen LogP contribution in [0.5, 0.6) is 0 Å². The Labute approximate surface area is 118 Å². The van der Waals surface area contributed by atoms with E-state index in [0.717, 1.165) is 6.42 Å². The molecule has 0 aromatic heterocycles. The zero-order chi connectivity index (χ0) is 15.0. The first kappa shape index (κ1) is 14.8. The number of hydrogen-bond acceptors (Lipinski definition) is 5. The van der Waals surface area contributed by atoms with Gasteiger partial charge in [0.2, 0.25) is 10.0 Å². The van der Waals surface area contributed by atoms with Crippen LogP contribution in [0.25, 0.3) is 0 Å². The van der Waals surface area contributed by atoms with E-state index >= 15 is 0 Å². The molecule has 1 aliphatic rings. The maximum Gasteiger partial charge on any atom is 0.245 e. The molecule has 0 radical (unpaired) electrons. The van der Waals surface area contributed by atoms with Crippen LogP contribution in [0, 0.1) is 11.3 Å². The summed E-state index contributed by atoms with van der Waals surface area (Å²) < 4.78 is 26.0. The Kier molecular flexibility index (Phi) is 3.73. The summed E-state index contributed by atoms with van der Waals surface area (Å²) in [4.78, 5) is -0.0185. The highest BCUT2D eigenvalue weighted by Gasteiger charge is 2.46. The number of benzene rings is 1. The van der Waals surface area contributed by atoms with Crippen LogP contribution in [-0.4, -0.2) is 36.5 Å². The maximum absolute atomic E-state index is 12.4. The van der Waals surface area contributed by atoms with Crippen molar-refractivity contribution >= 4 is 15.7 Å². The second kappa shape index (κ2) is 5.05. The standard InChI is InChI=1S/C13H17N3O3S/c1-2-5-13(17)8-16(9-13)20(18,19)12-4-3-10(7-14)6-11(12)15/h3-4,6,17H,2,5,8-9,15H2,1H3. The molecule has 108 valence electrons. The van der Waals surface area contributed by atoms with Crippen LogP contribution in [-0.2, 0) is 10.0 Å². The SMILES string of the molecule is CCCC1(O)CN(S(=O)(=O)c2ccc(C#N)cc2N)C1. The van der Waals surface area contributed by atoms with Gasteiger partial charge in [0.05, 0.1) is 22.9 Å². The number of nitriles is 1. The van der Waals surface area contributed by atoms with Gasteiger partial charge in [-0.25, -0.2) is 8.42 Å². The summed E-state index contributed by atoms with van der Waals surface area (Å²) in [5.41, 5.74) is 5.14. The first-order chi connectivity index (χ1) is 9.32. The minimum atomic E-state index is -3.71. The third kappa shape index (κ3) is 2.50. The number of anilines is 1. The van der Waals surface area contributed by atoms with E-state index in [2.05, 4.69) is 0 Å². The molecule has 1 aliphatic heterocycles. The van der Waals surface area contributed by atoms with Crippen molar-refractivity contribution in [3.05, 3.63) is 23.8 Å². The van der Waals surface area contributed by atoms with Crippen LogP contribution in [0.1, 0.15) is 25.3 Å². The molecule has 1 heterocycles. The van der Waals surface area contributed by atoms with Crippen molar-refractivity contribution in [1.29, 1.82) is 5.26 Å². The predicted octanol–water partition coefficient (Wildman–Crippen LogP) is 0.676. The summed E-state index contributed by atoms with van der Waals surface area (Å²) in [7, 11) is -3.71. The number of nitrogens with two attached hydrogens (primary N) is 1. The van der Waals surface area contributed by atoms with Gasteiger partial charge in [0.15, 0.2) is 0 Å². The average molecular weight is 295 g/mol. The number of β-amino-alcohol motifs (C(OH)–C–C–N with tert-alkyl or cyclic N) is 1. The van der Waals surface area contributed by atoms with E-state index in [1.54, 1.807) is 0 Å². The lowest BCUT2D eigenvalue weighted by atomic mass is 9.92. The normalized spacial score (nSPS) is 18.2. The second-order valence-corrected chi connectivity index (χ2v) is 7.02. The summed E-state index contributed by atoms with van der Waals surface area (Å²) in [5.74, 6) is 0. The van der Waals surface area contributed by atoms with Gasteiger partial charge in [-0.2, -0.15) is 9.57 Å². The Morgan fingerprint density at radius 1 is 1.50 bits per heavy atom. The molecule has 1 saturated heterocycles. The van der Waals surface area contributed by atoms with Crippen LogP contribution in [0.2, 0.25) is 0 Å². The van der Waals surface area contributed by atoms with Gasteiger partial charge in [-0.1, -0.05) is 13.3 Å². The fourth-order valence-electron chi connectivity index (χ4n) is 2.40. The van der Waals surface area contributed by atoms with Gasteiger partial charge in [0.1, 0.15) is 4.90 Å². The van der Waals surface area contributed by atoms with E-state index < -0.39 is 15.6 Å². The minimum absolute atomic E-state index is 0.0185. The largest absolute Gasteiger partial charge is 0.398 e. The van der Waals surface area contributed by atoms with E-state index in [9.17, 15) is 13.5 Å². The van der Waals surface area contributed by atoms with E-state index in [0.29, 0.717) is 12.0 Å². The Hall–Kier alpha value is -1.62. The maximum atomic E-state index is 12.4. The third-order valence-electron chi connectivity index (χ3n) is 3.41. The van der Waals surface area contributed by atoms with Crippen molar-refractivity contribution < 1.29 is 13.5 Å². The number of sulfonamides is 1. The lowest BCUT2D eigenvalue weighted by molar-refractivity contribution is -0.0653. The van der Waals surface area contributed by atoms with Crippen LogP contribution in [0.3, 0.4) is 0 Å². The van der Waals surface area contributed by atoms with Gasteiger partial charge in [-0.15, -0.1) is 0 Å². The summed E-state index contributed by atoms with van der Waals surface area (Å²) in [6.45, 7) is 2.11. The van der Waals surface area contributed by atoms with Crippen molar-refractivity contribution in [2.45, 2.75) is 30.3 Å². The lowest BCUT2D eigenvalue weighted by Gasteiger charge is -2.45. The fraction of sp³-hybridized carbons (Fsp3) is 0.462. The molecule has 3 N–H and O–H groups in total. The average Bonchev–Trinajstić information content (AvgIpc) is 2.35. The zero-order valence-electron chi connectivity index (χ0n) is 11.2. The summed E-state index contributed by atoms with van der Waals surface area (Å²) in [6.07, 6.45) is 1.37. The molecule has 0 unspecified atom stereocenters. The highest BCUT2D eigenvalue weighted by molar-refractivity contribution is 7.89. The smallest absolute Gasteiger partial charge is 0.245 e. The third-order valence-corrected chi connectivity index (χ3v) is 5.28. The van der Waals surface area contributed by atoms with Gasteiger partial charge in [0, 0.05) is 13.1 Å². The van der Waals surface area contributed by atoms with Gasteiger partial charge >= 0.3 is 0 Å². The molecule has 1 aromatic rings. The Bertz CT molecular complexity index is 658. The second-order valence-electron chi connectivity index (χ2n) is 5.11. The first-order valence-corrected chi connectivity index (χ1v) is 7.78. The molecule has 1 fully saturated rings.